The molecule has 1 N–H and O–H groups in total. The minimum atomic E-state index is -0.839. The SMILES string of the molecule is Cc1cccc(C(=O)[C@@H]2CCC[C@@H]2C(=O)O)c1. The Labute approximate surface area is 100 Å². The summed E-state index contributed by atoms with van der Waals surface area (Å²) >= 11 is 0. The monoisotopic (exact) mass is 232 g/mol. The fourth-order valence-corrected chi connectivity index (χ4v) is 2.58. The quantitative estimate of drug-likeness (QED) is 0.815. The van der Waals surface area contributed by atoms with Gasteiger partial charge in [-0.05, 0) is 25.8 Å². The molecule has 1 fully saturated rings. The van der Waals surface area contributed by atoms with Gasteiger partial charge in [-0.1, -0.05) is 30.2 Å². The number of aryl methyl sites for hydroxylation is 1. The predicted octanol–water partition coefficient (Wildman–Crippen LogP) is 2.68. The maximum absolute atomic E-state index is 12.3. The Bertz CT molecular complexity index is 451. The van der Waals surface area contributed by atoms with Crippen molar-refractivity contribution in [3.05, 3.63) is 35.4 Å². The molecule has 0 saturated heterocycles. The summed E-state index contributed by atoms with van der Waals surface area (Å²) in [6.07, 6.45) is 2.15. The lowest BCUT2D eigenvalue weighted by molar-refractivity contribution is -0.142. The fraction of sp³-hybridized carbons (Fsp3) is 0.429. The predicted molar refractivity (Wildman–Crippen MR) is 64.0 cm³/mol. The number of rotatable bonds is 3. The van der Waals surface area contributed by atoms with Crippen LogP contribution in [0.15, 0.2) is 24.3 Å². The fourth-order valence-electron chi connectivity index (χ4n) is 2.58. The lowest BCUT2D eigenvalue weighted by atomic mass is 9.88. The molecule has 17 heavy (non-hydrogen) atoms. The van der Waals surface area contributed by atoms with E-state index in [0.29, 0.717) is 18.4 Å². The van der Waals surface area contributed by atoms with Crippen LogP contribution in [0, 0.1) is 18.8 Å². The zero-order valence-corrected chi connectivity index (χ0v) is 9.85. The number of carbonyl (C=O) groups excluding carboxylic acids is 1. The molecule has 0 spiro atoms. The van der Waals surface area contributed by atoms with E-state index in [1.54, 1.807) is 6.07 Å². The Morgan fingerprint density at radius 3 is 2.59 bits per heavy atom. The second kappa shape index (κ2) is 4.70. The van der Waals surface area contributed by atoms with Crippen molar-refractivity contribution in [2.75, 3.05) is 0 Å². The third kappa shape index (κ3) is 2.38. The van der Waals surface area contributed by atoms with Crippen molar-refractivity contribution >= 4 is 11.8 Å². The van der Waals surface area contributed by atoms with Crippen LogP contribution in [0.3, 0.4) is 0 Å². The van der Waals surface area contributed by atoms with Crippen molar-refractivity contribution in [1.82, 2.24) is 0 Å². The van der Waals surface area contributed by atoms with Crippen molar-refractivity contribution < 1.29 is 14.7 Å². The van der Waals surface area contributed by atoms with Gasteiger partial charge in [0.15, 0.2) is 5.78 Å². The van der Waals surface area contributed by atoms with Gasteiger partial charge < -0.3 is 5.11 Å². The van der Waals surface area contributed by atoms with E-state index >= 15 is 0 Å². The number of carbonyl (C=O) groups is 2. The van der Waals surface area contributed by atoms with Gasteiger partial charge in [0.1, 0.15) is 0 Å². The van der Waals surface area contributed by atoms with Crippen molar-refractivity contribution in [3.8, 4) is 0 Å². The van der Waals surface area contributed by atoms with Gasteiger partial charge >= 0.3 is 5.97 Å². The van der Waals surface area contributed by atoms with E-state index in [4.69, 9.17) is 5.11 Å². The molecule has 0 amide bonds. The molecule has 0 aromatic heterocycles. The van der Waals surface area contributed by atoms with E-state index in [0.717, 1.165) is 12.0 Å². The molecule has 0 bridgehead atoms. The number of hydrogen-bond acceptors (Lipinski definition) is 2. The summed E-state index contributed by atoms with van der Waals surface area (Å²) in [6.45, 7) is 1.93. The summed E-state index contributed by atoms with van der Waals surface area (Å²) in [5.41, 5.74) is 1.67. The first-order chi connectivity index (χ1) is 8.09. The second-order valence-electron chi connectivity index (χ2n) is 4.72. The first kappa shape index (κ1) is 11.8. The van der Waals surface area contributed by atoms with E-state index in [9.17, 15) is 9.59 Å². The van der Waals surface area contributed by atoms with Crippen LogP contribution in [0.5, 0.6) is 0 Å². The van der Waals surface area contributed by atoms with Crippen LogP contribution in [-0.4, -0.2) is 16.9 Å². The topological polar surface area (TPSA) is 54.4 Å². The third-order valence-electron chi connectivity index (χ3n) is 3.47. The number of benzene rings is 1. The summed E-state index contributed by atoms with van der Waals surface area (Å²) in [4.78, 5) is 23.3. The summed E-state index contributed by atoms with van der Waals surface area (Å²) in [7, 11) is 0. The van der Waals surface area contributed by atoms with E-state index in [1.807, 2.05) is 25.1 Å². The summed E-state index contributed by atoms with van der Waals surface area (Å²) in [5, 5.41) is 9.08. The molecule has 0 aliphatic heterocycles. The van der Waals surface area contributed by atoms with E-state index < -0.39 is 11.9 Å². The lowest BCUT2D eigenvalue weighted by Crippen LogP contribution is -2.25. The van der Waals surface area contributed by atoms with Gasteiger partial charge in [0.05, 0.1) is 5.92 Å². The normalized spacial score (nSPS) is 23.6. The molecule has 3 heteroatoms. The molecule has 1 aromatic rings. The highest BCUT2D eigenvalue weighted by Crippen LogP contribution is 2.34. The van der Waals surface area contributed by atoms with Crippen LogP contribution in [-0.2, 0) is 4.79 Å². The molecule has 1 saturated carbocycles. The van der Waals surface area contributed by atoms with E-state index in [-0.39, 0.29) is 11.7 Å². The molecular weight excluding hydrogens is 216 g/mol. The lowest BCUT2D eigenvalue weighted by Gasteiger charge is -2.14. The van der Waals surface area contributed by atoms with Gasteiger partial charge in [-0.15, -0.1) is 0 Å². The Morgan fingerprint density at radius 1 is 1.24 bits per heavy atom. The molecule has 1 aromatic carbocycles. The Kier molecular flexibility index (Phi) is 3.27. The number of carboxylic acid groups (broad SMARTS) is 1. The number of carboxylic acids is 1. The highest BCUT2D eigenvalue weighted by Gasteiger charge is 2.37. The van der Waals surface area contributed by atoms with Crippen LogP contribution in [0.25, 0.3) is 0 Å². The molecule has 2 atom stereocenters. The first-order valence-electron chi connectivity index (χ1n) is 5.93. The average molecular weight is 232 g/mol. The molecule has 1 aliphatic rings. The Morgan fingerprint density at radius 2 is 1.94 bits per heavy atom. The van der Waals surface area contributed by atoms with E-state index in [2.05, 4.69) is 0 Å². The number of aliphatic carboxylic acids is 1. The Balaban J connectivity index is 2.23. The van der Waals surface area contributed by atoms with Crippen molar-refractivity contribution in [2.24, 2.45) is 11.8 Å². The smallest absolute Gasteiger partial charge is 0.307 e. The van der Waals surface area contributed by atoms with Crippen LogP contribution < -0.4 is 0 Å². The largest absolute Gasteiger partial charge is 0.481 e. The summed E-state index contributed by atoms with van der Waals surface area (Å²) in [6, 6.07) is 7.37. The molecule has 0 heterocycles. The molecule has 3 nitrogen and oxygen atoms in total. The van der Waals surface area contributed by atoms with Gasteiger partial charge in [-0.2, -0.15) is 0 Å². The number of Topliss-reactive ketones (excluding diaryl/α,β-unsaturated/α-hetero) is 1. The maximum Gasteiger partial charge on any atom is 0.307 e. The van der Waals surface area contributed by atoms with Gasteiger partial charge in [-0.3, -0.25) is 9.59 Å². The molecule has 1 aliphatic carbocycles. The van der Waals surface area contributed by atoms with Crippen LogP contribution in [0.4, 0.5) is 0 Å². The zero-order chi connectivity index (χ0) is 12.4. The maximum atomic E-state index is 12.3. The molecule has 2 rings (SSSR count). The minimum absolute atomic E-state index is 0.0152. The number of hydrogen-bond donors (Lipinski definition) is 1. The molecule has 0 radical (unpaired) electrons. The first-order valence-corrected chi connectivity index (χ1v) is 5.93. The number of ketones is 1. The molecule has 90 valence electrons. The summed E-state index contributed by atoms with van der Waals surface area (Å²) in [5.74, 6) is -1.69. The molecular formula is C14H16O3. The third-order valence-corrected chi connectivity index (χ3v) is 3.47. The van der Waals surface area contributed by atoms with Gasteiger partial charge in [0.25, 0.3) is 0 Å². The van der Waals surface area contributed by atoms with Gasteiger partial charge in [-0.25, -0.2) is 0 Å². The van der Waals surface area contributed by atoms with Crippen molar-refractivity contribution in [2.45, 2.75) is 26.2 Å². The second-order valence-corrected chi connectivity index (χ2v) is 4.72. The Hall–Kier alpha value is -1.64. The van der Waals surface area contributed by atoms with Crippen molar-refractivity contribution in [1.29, 1.82) is 0 Å². The van der Waals surface area contributed by atoms with Gasteiger partial charge in [0.2, 0.25) is 0 Å². The molecule has 0 unspecified atom stereocenters. The summed E-state index contributed by atoms with van der Waals surface area (Å²) < 4.78 is 0. The highest BCUT2D eigenvalue weighted by atomic mass is 16.4. The average Bonchev–Trinajstić information content (AvgIpc) is 2.77. The zero-order valence-electron chi connectivity index (χ0n) is 9.85. The van der Waals surface area contributed by atoms with E-state index in [1.165, 1.54) is 0 Å². The highest BCUT2D eigenvalue weighted by molar-refractivity contribution is 6.00. The van der Waals surface area contributed by atoms with Crippen LogP contribution >= 0.6 is 0 Å². The van der Waals surface area contributed by atoms with Crippen molar-refractivity contribution in [3.63, 3.8) is 0 Å². The van der Waals surface area contributed by atoms with Crippen LogP contribution in [0.1, 0.15) is 35.2 Å². The van der Waals surface area contributed by atoms with Gasteiger partial charge in [0, 0.05) is 11.5 Å². The standard InChI is InChI=1S/C14H16O3/c1-9-4-2-5-10(8-9)13(15)11-6-3-7-12(11)14(16)17/h2,4-5,8,11-12H,3,6-7H2,1H3,(H,16,17)/t11-,12+/m1/s1. The minimum Gasteiger partial charge on any atom is -0.481 e. The van der Waals surface area contributed by atoms with Crippen LogP contribution in [0.2, 0.25) is 0 Å².